The number of β-amino-alcohol motifs (C(OH)–C–C–N with tert-alkyl or cyclic N) is 1. The molecule has 3 aliphatic rings. The van der Waals surface area contributed by atoms with Gasteiger partial charge in [-0.15, -0.1) is 0 Å². The van der Waals surface area contributed by atoms with E-state index >= 15 is 0 Å². The molecule has 2 saturated heterocycles. The van der Waals surface area contributed by atoms with Gasteiger partial charge in [0, 0.05) is 68.3 Å². The van der Waals surface area contributed by atoms with Crippen molar-refractivity contribution in [2.45, 2.75) is 71.1 Å². The number of fused-ring (bicyclic) bond motifs is 2. The zero-order valence-corrected chi connectivity index (χ0v) is 26.9. The van der Waals surface area contributed by atoms with Gasteiger partial charge >= 0.3 is 6.03 Å². The van der Waals surface area contributed by atoms with Gasteiger partial charge < -0.3 is 30.1 Å². The third-order valence-corrected chi connectivity index (χ3v) is 8.20. The second-order valence-electron chi connectivity index (χ2n) is 12.1. The SMILES string of the molecule is CC(C)NC(=O)N1CCNCC1.Cc1cn(CC2(O)CCCN(C=O)C2)cn1.Clc1ccc2c(c1)CCc1cccnc1C2. The topological polar surface area (TPSA) is 116 Å². The number of piperidine rings is 1. The number of amides is 3. The molecule has 11 heteroatoms. The number of urea groups is 1. The molecule has 2 fully saturated rings. The Morgan fingerprint density at radius 2 is 1.91 bits per heavy atom. The number of rotatable bonds is 4. The summed E-state index contributed by atoms with van der Waals surface area (Å²) in [4.78, 5) is 34.2. The quantitative estimate of drug-likeness (QED) is 0.383. The Labute approximate surface area is 265 Å². The number of piperazine rings is 1. The first-order valence-electron chi connectivity index (χ1n) is 15.5. The van der Waals surface area contributed by atoms with E-state index in [0.29, 0.717) is 13.1 Å². The lowest BCUT2D eigenvalue weighted by molar-refractivity contribution is -0.125. The number of hydrogen-bond donors (Lipinski definition) is 3. The number of nitrogens with one attached hydrogen (secondary N) is 2. The molecule has 1 atom stereocenters. The molecule has 6 rings (SSSR count). The van der Waals surface area contributed by atoms with Crippen molar-refractivity contribution < 1.29 is 14.7 Å². The van der Waals surface area contributed by atoms with Crippen molar-refractivity contribution in [1.82, 2.24) is 35.0 Å². The third kappa shape index (κ3) is 10.0. The number of hydrogen-bond acceptors (Lipinski definition) is 6. The largest absolute Gasteiger partial charge is 0.386 e. The Morgan fingerprint density at radius 1 is 1.14 bits per heavy atom. The number of benzene rings is 1. The van der Waals surface area contributed by atoms with Crippen molar-refractivity contribution in [1.29, 1.82) is 0 Å². The van der Waals surface area contributed by atoms with Crippen LogP contribution in [0.5, 0.6) is 0 Å². The monoisotopic (exact) mass is 623 g/mol. The molecule has 1 aliphatic carbocycles. The van der Waals surface area contributed by atoms with E-state index in [2.05, 4.69) is 38.8 Å². The molecule has 1 aromatic carbocycles. The summed E-state index contributed by atoms with van der Waals surface area (Å²) >= 11 is 6.03. The van der Waals surface area contributed by atoms with Gasteiger partial charge in [0.1, 0.15) is 5.60 Å². The van der Waals surface area contributed by atoms with E-state index in [4.69, 9.17) is 11.6 Å². The van der Waals surface area contributed by atoms with Crippen LogP contribution in [0.3, 0.4) is 0 Å². The van der Waals surface area contributed by atoms with E-state index in [1.807, 2.05) is 54.8 Å². The zero-order valence-electron chi connectivity index (χ0n) is 26.1. The van der Waals surface area contributed by atoms with Gasteiger partial charge in [-0.1, -0.05) is 23.7 Å². The number of halogens is 1. The normalized spacial score (nSPS) is 19.3. The highest BCUT2D eigenvalue weighted by Crippen LogP contribution is 2.25. The number of carbonyl (C=O) groups is 2. The number of pyridine rings is 1. The summed E-state index contributed by atoms with van der Waals surface area (Å²) in [5.74, 6) is 0. The lowest BCUT2D eigenvalue weighted by Gasteiger charge is -2.37. The molecule has 0 radical (unpaired) electrons. The zero-order chi connectivity index (χ0) is 31.5. The smallest absolute Gasteiger partial charge is 0.317 e. The summed E-state index contributed by atoms with van der Waals surface area (Å²) in [6.45, 7) is 11.0. The highest BCUT2D eigenvalue weighted by atomic mass is 35.5. The predicted octanol–water partition coefficient (Wildman–Crippen LogP) is 3.61. The molecular formula is C33H46ClN7O3. The molecule has 3 N–H and O–H groups in total. The van der Waals surface area contributed by atoms with Gasteiger partial charge in [-0.25, -0.2) is 9.78 Å². The van der Waals surface area contributed by atoms with Crippen LogP contribution in [0.2, 0.25) is 5.02 Å². The minimum absolute atomic E-state index is 0.0616. The van der Waals surface area contributed by atoms with Gasteiger partial charge in [0.2, 0.25) is 6.41 Å². The second-order valence-corrected chi connectivity index (χ2v) is 12.6. The predicted molar refractivity (Wildman–Crippen MR) is 173 cm³/mol. The van der Waals surface area contributed by atoms with Crippen molar-refractivity contribution in [2.75, 3.05) is 39.3 Å². The molecule has 4 heterocycles. The fourth-order valence-corrected chi connectivity index (χ4v) is 5.97. The van der Waals surface area contributed by atoms with E-state index in [0.717, 1.165) is 82.0 Å². The maximum absolute atomic E-state index is 11.4. The number of imidazole rings is 1. The molecule has 1 unspecified atom stereocenters. The first kappa shape index (κ1) is 33.4. The number of likely N-dealkylation sites (tertiary alicyclic amines) is 1. The maximum Gasteiger partial charge on any atom is 0.317 e. The summed E-state index contributed by atoms with van der Waals surface area (Å²) < 4.78 is 1.88. The van der Waals surface area contributed by atoms with Gasteiger partial charge in [-0.05, 0) is 81.3 Å². The number of nitrogens with zero attached hydrogens (tertiary/aromatic N) is 5. The molecule has 2 aromatic heterocycles. The van der Waals surface area contributed by atoms with Crippen molar-refractivity contribution in [3.63, 3.8) is 0 Å². The van der Waals surface area contributed by atoms with Crippen LogP contribution in [0, 0.1) is 6.92 Å². The van der Waals surface area contributed by atoms with E-state index in [9.17, 15) is 14.7 Å². The van der Waals surface area contributed by atoms with Crippen LogP contribution in [0.4, 0.5) is 4.79 Å². The standard InChI is InChI=1S/C14H12ClN.C11H17N3O2.C8H17N3O/c15-13-6-5-12-9-14-10(2-1-7-16-14)3-4-11(12)8-13;1-10-5-14(8-12-10)7-11(16)3-2-4-13(6-11)9-15;1-7(2)10-8(12)11-5-3-9-4-6-11/h1-2,5-8H,3-4,9H2;5,8-9,16H,2-4,6-7H2,1H3;7,9H,3-6H2,1-2H3,(H,10,12). The molecule has 44 heavy (non-hydrogen) atoms. The lowest BCUT2D eigenvalue weighted by Crippen LogP contribution is -2.51. The molecule has 238 valence electrons. The van der Waals surface area contributed by atoms with Gasteiger partial charge in [-0.2, -0.15) is 0 Å². The fourth-order valence-electron chi connectivity index (χ4n) is 5.78. The summed E-state index contributed by atoms with van der Waals surface area (Å²) in [6.07, 6.45) is 10.9. The molecule has 0 saturated carbocycles. The van der Waals surface area contributed by atoms with Crippen LogP contribution in [0.15, 0.2) is 49.1 Å². The molecule has 2 aliphatic heterocycles. The van der Waals surface area contributed by atoms with Crippen molar-refractivity contribution in [3.05, 3.63) is 82.2 Å². The first-order chi connectivity index (χ1) is 21.1. The van der Waals surface area contributed by atoms with Crippen LogP contribution in [-0.2, 0) is 30.6 Å². The van der Waals surface area contributed by atoms with Crippen LogP contribution in [-0.4, -0.2) is 92.8 Å². The molecule has 0 spiro atoms. The molecule has 3 amide bonds. The van der Waals surface area contributed by atoms with Gasteiger partial charge in [-0.3, -0.25) is 9.78 Å². The summed E-state index contributed by atoms with van der Waals surface area (Å²) in [5.41, 5.74) is 5.43. The minimum Gasteiger partial charge on any atom is -0.386 e. The molecule has 0 bridgehead atoms. The van der Waals surface area contributed by atoms with E-state index in [1.54, 1.807) is 11.2 Å². The minimum atomic E-state index is -0.813. The van der Waals surface area contributed by atoms with E-state index < -0.39 is 5.60 Å². The van der Waals surface area contributed by atoms with Crippen LogP contribution in [0.1, 0.15) is 54.8 Å². The third-order valence-electron chi connectivity index (χ3n) is 7.96. The Morgan fingerprint density at radius 3 is 2.61 bits per heavy atom. The Kier molecular flexibility index (Phi) is 12.2. The lowest BCUT2D eigenvalue weighted by atomic mass is 9.93. The maximum atomic E-state index is 11.4. The van der Waals surface area contributed by atoms with E-state index in [-0.39, 0.29) is 12.1 Å². The number of aliphatic hydroxyl groups is 1. The first-order valence-corrected chi connectivity index (χ1v) is 15.9. The van der Waals surface area contributed by atoms with Crippen LogP contribution >= 0.6 is 11.6 Å². The number of aromatic nitrogens is 3. The summed E-state index contributed by atoms with van der Waals surface area (Å²) in [7, 11) is 0. The van der Waals surface area contributed by atoms with Gasteiger partial charge in [0.25, 0.3) is 0 Å². The second kappa shape index (κ2) is 16.0. The average molecular weight is 624 g/mol. The van der Waals surface area contributed by atoms with Gasteiger partial charge in [0.15, 0.2) is 0 Å². The average Bonchev–Trinajstić information content (AvgIpc) is 3.32. The Hall–Kier alpha value is -3.47. The highest BCUT2D eigenvalue weighted by Gasteiger charge is 2.33. The van der Waals surface area contributed by atoms with Gasteiger partial charge in [0.05, 0.1) is 25.1 Å². The Balaban J connectivity index is 0.000000153. The van der Waals surface area contributed by atoms with E-state index in [1.165, 1.54) is 22.4 Å². The molecular weight excluding hydrogens is 578 g/mol. The number of aryl methyl sites for hydroxylation is 3. The van der Waals surface area contributed by atoms with Crippen LogP contribution in [0.25, 0.3) is 0 Å². The Bertz CT molecular complexity index is 1370. The highest BCUT2D eigenvalue weighted by molar-refractivity contribution is 6.30. The fraction of sp³-hybridized carbons (Fsp3) is 0.515. The van der Waals surface area contributed by atoms with Crippen molar-refractivity contribution in [3.8, 4) is 0 Å². The molecule has 3 aromatic rings. The summed E-state index contributed by atoms with van der Waals surface area (Å²) in [6, 6.07) is 10.7. The molecule has 10 nitrogen and oxygen atoms in total. The summed E-state index contributed by atoms with van der Waals surface area (Å²) in [5, 5.41) is 17.3. The van der Waals surface area contributed by atoms with Crippen molar-refractivity contribution in [2.24, 2.45) is 0 Å². The number of carbonyl (C=O) groups excluding carboxylic acids is 2. The van der Waals surface area contributed by atoms with Crippen LogP contribution < -0.4 is 10.6 Å². The van der Waals surface area contributed by atoms with Crippen molar-refractivity contribution >= 4 is 24.0 Å².